The standard InChI is InChI=1S/C9H21NS/c1-5-11-7-9(4)6-10-8(2)3/h8-10H,5-7H2,1-4H3. The summed E-state index contributed by atoms with van der Waals surface area (Å²) in [6.45, 7) is 10.1. The molecule has 0 aliphatic carbocycles. The molecule has 0 fully saturated rings. The molecule has 1 nitrogen and oxygen atoms in total. The van der Waals surface area contributed by atoms with Gasteiger partial charge < -0.3 is 5.32 Å². The van der Waals surface area contributed by atoms with Gasteiger partial charge in [-0.05, 0) is 24.0 Å². The van der Waals surface area contributed by atoms with Gasteiger partial charge in [-0.15, -0.1) is 0 Å². The van der Waals surface area contributed by atoms with Crippen LogP contribution in [0.25, 0.3) is 0 Å². The van der Waals surface area contributed by atoms with Crippen LogP contribution in [0.15, 0.2) is 0 Å². The van der Waals surface area contributed by atoms with Gasteiger partial charge in [-0.3, -0.25) is 0 Å². The van der Waals surface area contributed by atoms with Crippen LogP contribution in [-0.4, -0.2) is 24.1 Å². The topological polar surface area (TPSA) is 12.0 Å². The first-order chi connectivity index (χ1) is 5.16. The van der Waals surface area contributed by atoms with E-state index in [9.17, 15) is 0 Å². The van der Waals surface area contributed by atoms with Crippen LogP contribution in [0.3, 0.4) is 0 Å². The average Bonchev–Trinajstić information content (AvgIpc) is 1.97. The number of nitrogens with one attached hydrogen (secondary N) is 1. The smallest absolute Gasteiger partial charge is 0.00104 e. The van der Waals surface area contributed by atoms with Crippen LogP contribution in [0.2, 0.25) is 0 Å². The second-order valence-corrected chi connectivity index (χ2v) is 4.65. The molecule has 0 radical (unpaired) electrons. The lowest BCUT2D eigenvalue weighted by atomic mass is 10.2. The number of rotatable bonds is 6. The van der Waals surface area contributed by atoms with Crippen LogP contribution in [0.1, 0.15) is 27.7 Å². The zero-order valence-electron chi connectivity index (χ0n) is 8.18. The minimum atomic E-state index is 0.629. The van der Waals surface area contributed by atoms with Gasteiger partial charge in [0, 0.05) is 6.04 Å². The van der Waals surface area contributed by atoms with Crippen LogP contribution >= 0.6 is 11.8 Å². The Hall–Kier alpha value is 0.310. The minimum absolute atomic E-state index is 0.629. The Kier molecular flexibility index (Phi) is 7.18. The summed E-state index contributed by atoms with van der Waals surface area (Å²) in [5.41, 5.74) is 0. The van der Waals surface area contributed by atoms with E-state index < -0.39 is 0 Å². The maximum atomic E-state index is 3.44. The first kappa shape index (κ1) is 11.3. The van der Waals surface area contributed by atoms with Crippen molar-refractivity contribution in [1.29, 1.82) is 0 Å². The molecule has 0 saturated heterocycles. The lowest BCUT2D eigenvalue weighted by Gasteiger charge is -2.13. The van der Waals surface area contributed by atoms with E-state index in [0.29, 0.717) is 6.04 Å². The molecular weight excluding hydrogens is 154 g/mol. The van der Waals surface area contributed by atoms with Gasteiger partial charge in [-0.25, -0.2) is 0 Å². The molecule has 0 rings (SSSR count). The second-order valence-electron chi connectivity index (χ2n) is 3.33. The zero-order valence-corrected chi connectivity index (χ0v) is 9.00. The second kappa shape index (κ2) is 6.99. The highest BCUT2D eigenvalue weighted by molar-refractivity contribution is 7.99. The van der Waals surface area contributed by atoms with E-state index in [1.165, 1.54) is 11.5 Å². The fourth-order valence-corrected chi connectivity index (χ4v) is 1.57. The SMILES string of the molecule is CCSCC(C)CNC(C)C. The van der Waals surface area contributed by atoms with Gasteiger partial charge in [0.2, 0.25) is 0 Å². The molecule has 0 saturated carbocycles. The third kappa shape index (κ3) is 8.21. The first-order valence-electron chi connectivity index (χ1n) is 4.48. The molecule has 0 heterocycles. The van der Waals surface area contributed by atoms with Crippen molar-refractivity contribution >= 4 is 11.8 Å². The van der Waals surface area contributed by atoms with Crippen LogP contribution in [0.5, 0.6) is 0 Å². The Labute approximate surface area is 75.3 Å². The Morgan fingerprint density at radius 3 is 2.36 bits per heavy atom. The normalized spacial score (nSPS) is 13.9. The molecule has 0 aliphatic rings. The van der Waals surface area contributed by atoms with Gasteiger partial charge in [0.15, 0.2) is 0 Å². The summed E-state index contributed by atoms with van der Waals surface area (Å²) in [4.78, 5) is 0. The van der Waals surface area contributed by atoms with Crippen molar-refractivity contribution in [2.75, 3.05) is 18.1 Å². The molecule has 1 N–H and O–H groups in total. The summed E-state index contributed by atoms with van der Waals surface area (Å²) < 4.78 is 0. The quantitative estimate of drug-likeness (QED) is 0.665. The lowest BCUT2D eigenvalue weighted by molar-refractivity contribution is 0.510. The Morgan fingerprint density at radius 2 is 1.91 bits per heavy atom. The van der Waals surface area contributed by atoms with E-state index in [2.05, 4.69) is 33.0 Å². The van der Waals surface area contributed by atoms with Crippen molar-refractivity contribution < 1.29 is 0 Å². The summed E-state index contributed by atoms with van der Waals surface area (Å²) >= 11 is 2.03. The highest BCUT2D eigenvalue weighted by atomic mass is 32.2. The molecule has 1 unspecified atom stereocenters. The monoisotopic (exact) mass is 175 g/mol. The van der Waals surface area contributed by atoms with E-state index in [0.717, 1.165) is 12.5 Å². The maximum absolute atomic E-state index is 3.44. The average molecular weight is 175 g/mol. The molecule has 0 aromatic heterocycles. The van der Waals surface area contributed by atoms with Crippen molar-refractivity contribution in [2.45, 2.75) is 33.7 Å². The molecule has 0 amide bonds. The number of hydrogen-bond donors (Lipinski definition) is 1. The minimum Gasteiger partial charge on any atom is -0.314 e. The molecular formula is C9H21NS. The Bertz CT molecular complexity index is 83.6. The summed E-state index contributed by atoms with van der Waals surface area (Å²) in [6, 6.07) is 0.629. The largest absolute Gasteiger partial charge is 0.314 e. The Morgan fingerprint density at radius 1 is 1.27 bits per heavy atom. The molecule has 2 heteroatoms. The highest BCUT2D eigenvalue weighted by Crippen LogP contribution is 2.06. The summed E-state index contributed by atoms with van der Waals surface area (Å²) in [6.07, 6.45) is 0. The van der Waals surface area contributed by atoms with Crippen LogP contribution in [-0.2, 0) is 0 Å². The van der Waals surface area contributed by atoms with E-state index >= 15 is 0 Å². The van der Waals surface area contributed by atoms with Gasteiger partial charge >= 0.3 is 0 Å². The van der Waals surface area contributed by atoms with Crippen LogP contribution < -0.4 is 5.32 Å². The van der Waals surface area contributed by atoms with Gasteiger partial charge in [0.05, 0.1) is 0 Å². The predicted molar refractivity (Wildman–Crippen MR) is 55.3 cm³/mol. The number of hydrogen-bond acceptors (Lipinski definition) is 2. The van der Waals surface area contributed by atoms with E-state index in [1.54, 1.807) is 0 Å². The van der Waals surface area contributed by atoms with Crippen LogP contribution in [0.4, 0.5) is 0 Å². The molecule has 0 aromatic rings. The van der Waals surface area contributed by atoms with Crippen molar-refractivity contribution in [3.8, 4) is 0 Å². The first-order valence-corrected chi connectivity index (χ1v) is 5.63. The fourth-order valence-electron chi connectivity index (χ4n) is 0.815. The van der Waals surface area contributed by atoms with E-state index in [-0.39, 0.29) is 0 Å². The Balaban J connectivity index is 3.15. The maximum Gasteiger partial charge on any atom is 0.00104 e. The lowest BCUT2D eigenvalue weighted by Crippen LogP contribution is -2.28. The van der Waals surface area contributed by atoms with Gasteiger partial charge in [0.1, 0.15) is 0 Å². The predicted octanol–water partition coefficient (Wildman–Crippen LogP) is 2.37. The highest BCUT2D eigenvalue weighted by Gasteiger charge is 2.01. The van der Waals surface area contributed by atoms with Crippen LogP contribution in [0, 0.1) is 5.92 Å². The zero-order chi connectivity index (χ0) is 8.69. The molecule has 0 aromatic carbocycles. The third-order valence-corrected chi connectivity index (χ3v) is 2.69. The molecule has 0 spiro atoms. The summed E-state index contributed by atoms with van der Waals surface area (Å²) in [5, 5.41) is 3.44. The van der Waals surface area contributed by atoms with Crippen molar-refractivity contribution in [3.05, 3.63) is 0 Å². The van der Waals surface area contributed by atoms with Gasteiger partial charge in [-0.2, -0.15) is 11.8 Å². The van der Waals surface area contributed by atoms with Crippen molar-refractivity contribution in [3.63, 3.8) is 0 Å². The van der Waals surface area contributed by atoms with E-state index in [1.807, 2.05) is 11.8 Å². The number of thioether (sulfide) groups is 1. The molecule has 1 atom stereocenters. The molecule has 68 valence electrons. The van der Waals surface area contributed by atoms with Crippen molar-refractivity contribution in [1.82, 2.24) is 5.32 Å². The van der Waals surface area contributed by atoms with Gasteiger partial charge in [-0.1, -0.05) is 27.7 Å². The molecule has 0 aliphatic heterocycles. The summed E-state index contributed by atoms with van der Waals surface area (Å²) in [7, 11) is 0. The van der Waals surface area contributed by atoms with Crippen molar-refractivity contribution in [2.24, 2.45) is 5.92 Å². The molecule has 0 bridgehead atoms. The van der Waals surface area contributed by atoms with E-state index in [4.69, 9.17) is 0 Å². The molecule has 11 heavy (non-hydrogen) atoms. The van der Waals surface area contributed by atoms with Gasteiger partial charge in [0.25, 0.3) is 0 Å². The summed E-state index contributed by atoms with van der Waals surface area (Å²) in [5.74, 6) is 3.34. The third-order valence-electron chi connectivity index (χ3n) is 1.48. The fraction of sp³-hybridized carbons (Fsp3) is 1.00.